The molecular formula is C21H24N4O3S. The van der Waals surface area contributed by atoms with Gasteiger partial charge in [0.1, 0.15) is 17.0 Å². The van der Waals surface area contributed by atoms with Crippen LogP contribution in [0.3, 0.4) is 0 Å². The summed E-state index contributed by atoms with van der Waals surface area (Å²) in [6, 6.07) is 11.3. The van der Waals surface area contributed by atoms with Gasteiger partial charge in [-0.15, -0.1) is 0 Å². The highest BCUT2D eigenvalue weighted by Crippen LogP contribution is 2.21. The van der Waals surface area contributed by atoms with Gasteiger partial charge in [0.15, 0.2) is 0 Å². The van der Waals surface area contributed by atoms with Gasteiger partial charge in [-0.2, -0.15) is 4.31 Å². The molecule has 8 heteroatoms. The summed E-state index contributed by atoms with van der Waals surface area (Å²) in [5.74, 6) is 1.24. The first-order chi connectivity index (χ1) is 14.0. The number of hydrogen-bond donors (Lipinski definition) is 1. The van der Waals surface area contributed by atoms with Gasteiger partial charge < -0.3 is 9.73 Å². The largest absolute Gasteiger partial charge is 0.444 e. The Kier molecular flexibility index (Phi) is 5.64. The van der Waals surface area contributed by atoms with Crippen molar-refractivity contribution in [2.75, 3.05) is 25.0 Å². The molecule has 0 bridgehead atoms. The van der Waals surface area contributed by atoms with Crippen molar-refractivity contribution in [2.45, 2.75) is 31.1 Å². The number of sulfonamides is 1. The third-order valence-corrected chi connectivity index (χ3v) is 6.86. The number of hydrogen-bond acceptors (Lipinski definition) is 6. The molecule has 1 fully saturated rings. The molecule has 4 rings (SSSR count). The molecule has 0 spiro atoms. The van der Waals surface area contributed by atoms with Crippen LogP contribution in [0.25, 0.3) is 11.5 Å². The lowest BCUT2D eigenvalue weighted by atomic mass is 10.1. The fourth-order valence-electron chi connectivity index (χ4n) is 3.28. The van der Waals surface area contributed by atoms with Crippen LogP contribution in [0.4, 0.5) is 5.82 Å². The first-order valence-electron chi connectivity index (χ1n) is 9.74. The van der Waals surface area contributed by atoms with Gasteiger partial charge in [-0.3, -0.25) is 0 Å². The standard InChI is InChI=1S/C21H24N4O3S/c1-16-4-6-17(7-5-16)21-24-18(15-28-21)10-11-22-20-9-8-19(14-23-20)29(26,27)25-12-2-3-13-25/h4-9,14-15H,2-3,10-13H2,1H3,(H,22,23). The average molecular weight is 413 g/mol. The predicted octanol–water partition coefficient (Wildman–Crippen LogP) is 3.48. The first kappa shape index (κ1) is 19.6. The number of benzene rings is 1. The van der Waals surface area contributed by atoms with Crippen LogP contribution >= 0.6 is 0 Å². The van der Waals surface area contributed by atoms with E-state index in [1.165, 1.54) is 16.1 Å². The number of rotatable bonds is 7. The Hall–Kier alpha value is -2.71. The molecule has 1 saturated heterocycles. The zero-order valence-electron chi connectivity index (χ0n) is 16.3. The molecule has 2 aromatic heterocycles. The van der Waals surface area contributed by atoms with Crippen molar-refractivity contribution in [1.29, 1.82) is 0 Å². The van der Waals surface area contributed by atoms with Crippen LogP contribution < -0.4 is 5.32 Å². The van der Waals surface area contributed by atoms with E-state index >= 15 is 0 Å². The number of pyridine rings is 1. The molecule has 152 valence electrons. The van der Waals surface area contributed by atoms with Gasteiger partial charge in [-0.1, -0.05) is 17.7 Å². The topological polar surface area (TPSA) is 88.3 Å². The average Bonchev–Trinajstić information content (AvgIpc) is 3.42. The summed E-state index contributed by atoms with van der Waals surface area (Å²) >= 11 is 0. The van der Waals surface area contributed by atoms with Gasteiger partial charge in [0.2, 0.25) is 15.9 Å². The number of aromatic nitrogens is 2. The molecule has 0 unspecified atom stereocenters. The molecule has 29 heavy (non-hydrogen) atoms. The number of anilines is 1. The summed E-state index contributed by atoms with van der Waals surface area (Å²) in [6.45, 7) is 3.83. The van der Waals surface area contributed by atoms with Gasteiger partial charge in [-0.05, 0) is 44.0 Å². The minimum Gasteiger partial charge on any atom is -0.444 e. The molecule has 3 heterocycles. The second-order valence-corrected chi connectivity index (χ2v) is 9.12. The van der Waals surface area contributed by atoms with Crippen LogP contribution in [0.1, 0.15) is 24.1 Å². The fourth-order valence-corrected chi connectivity index (χ4v) is 4.75. The van der Waals surface area contributed by atoms with E-state index in [0.717, 1.165) is 24.1 Å². The van der Waals surface area contributed by atoms with Gasteiger partial charge in [0.25, 0.3) is 0 Å². The molecule has 0 radical (unpaired) electrons. The zero-order chi connectivity index (χ0) is 20.3. The Morgan fingerprint density at radius 1 is 1.10 bits per heavy atom. The quantitative estimate of drug-likeness (QED) is 0.639. The van der Waals surface area contributed by atoms with Crippen molar-refractivity contribution in [2.24, 2.45) is 0 Å². The van der Waals surface area contributed by atoms with Gasteiger partial charge in [0.05, 0.1) is 5.69 Å². The number of aryl methyl sites for hydroxylation is 1. The molecule has 1 N–H and O–H groups in total. The maximum Gasteiger partial charge on any atom is 0.244 e. The van der Waals surface area contributed by atoms with E-state index in [1.807, 2.05) is 31.2 Å². The Labute approximate surface area is 170 Å². The van der Waals surface area contributed by atoms with Crippen LogP contribution in [-0.4, -0.2) is 42.3 Å². The maximum atomic E-state index is 12.5. The summed E-state index contributed by atoms with van der Waals surface area (Å²) in [6.07, 6.45) is 5.59. The third kappa shape index (κ3) is 4.49. The molecule has 0 saturated carbocycles. The van der Waals surface area contributed by atoms with Crippen LogP contribution in [-0.2, 0) is 16.4 Å². The van der Waals surface area contributed by atoms with Crippen molar-refractivity contribution in [3.05, 3.63) is 60.1 Å². The van der Waals surface area contributed by atoms with Crippen molar-refractivity contribution in [3.8, 4) is 11.5 Å². The van der Waals surface area contributed by atoms with Gasteiger partial charge in [0, 0.05) is 37.8 Å². The van der Waals surface area contributed by atoms with Crippen molar-refractivity contribution in [1.82, 2.24) is 14.3 Å². The normalized spacial score (nSPS) is 14.9. The van der Waals surface area contributed by atoms with Crippen molar-refractivity contribution >= 4 is 15.8 Å². The molecular weight excluding hydrogens is 388 g/mol. The molecule has 0 aliphatic carbocycles. The highest BCUT2D eigenvalue weighted by Gasteiger charge is 2.27. The van der Waals surface area contributed by atoms with E-state index in [0.29, 0.717) is 37.8 Å². The van der Waals surface area contributed by atoms with E-state index in [9.17, 15) is 8.42 Å². The molecule has 3 aromatic rings. The fraction of sp³-hybridized carbons (Fsp3) is 0.333. The van der Waals surface area contributed by atoms with Crippen LogP contribution in [0, 0.1) is 6.92 Å². The summed E-state index contributed by atoms with van der Waals surface area (Å²) in [4.78, 5) is 9.01. The third-order valence-electron chi connectivity index (χ3n) is 4.98. The molecule has 1 aliphatic heterocycles. The highest BCUT2D eigenvalue weighted by molar-refractivity contribution is 7.89. The van der Waals surface area contributed by atoms with Crippen LogP contribution in [0.5, 0.6) is 0 Å². The minimum absolute atomic E-state index is 0.240. The lowest BCUT2D eigenvalue weighted by Crippen LogP contribution is -2.27. The van der Waals surface area contributed by atoms with E-state index in [2.05, 4.69) is 15.3 Å². The van der Waals surface area contributed by atoms with Crippen molar-refractivity contribution < 1.29 is 12.8 Å². The summed E-state index contributed by atoms with van der Waals surface area (Å²) in [5.41, 5.74) is 2.99. The van der Waals surface area contributed by atoms with Gasteiger partial charge >= 0.3 is 0 Å². The Balaban J connectivity index is 1.32. The zero-order valence-corrected chi connectivity index (χ0v) is 17.2. The highest BCUT2D eigenvalue weighted by atomic mass is 32.2. The molecule has 0 amide bonds. The number of nitrogens with zero attached hydrogens (tertiary/aromatic N) is 3. The van der Waals surface area contributed by atoms with Crippen LogP contribution in [0.2, 0.25) is 0 Å². The second-order valence-electron chi connectivity index (χ2n) is 7.18. The number of nitrogens with one attached hydrogen (secondary N) is 1. The molecule has 7 nitrogen and oxygen atoms in total. The smallest absolute Gasteiger partial charge is 0.244 e. The van der Waals surface area contributed by atoms with Crippen LogP contribution in [0.15, 0.2) is 58.2 Å². The van der Waals surface area contributed by atoms with Gasteiger partial charge in [-0.25, -0.2) is 18.4 Å². The Morgan fingerprint density at radius 3 is 2.55 bits per heavy atom. The predicted molar refractivity (Wildman–Crippen MR) is 111 cm³/mol. The lowest BCUT2D eigenvalue weighted by molar-refractivity contribution is 0.477. The summed E-state index contributed by atoms with van der Waals surface area (Å²) in [7, 11) is -3.42. The van der Waals surface area contributed by atoms with E-state index in [1.54, 1.807) is 18.4 Å². The monoisotopic (exact) mass is 412 g/mol. The first-order valence-corrected chi connectivity index (χ1v) is 11.2. The summed E-state index contributed by atoms with van der Waals surface area (Å²) < 4.78 is 32.1. The lowest BCUT2D eigenvalue weighted by Gasteiger charge is -2.15. The Morgan fingerprint density at radius 2 is 1.86 bits per heavy atom. The van der Waals surface area contributed by atoms with Crippen molar-refractivity contribution in [3.63, 3.8) is 0 Å². The Bertz CT molecular complexity index is 1050. The van der Waals surface area contributed by atoms with E-state index < -0.39 is 10.0 Å². The molecule has 1 aliphatic rings. The number of oxazole rings is 1. The SMILES string of the molecule is Cc1ccc(-c2nc(CCNc3ccc(S(=O)(=O)N4CCCC4)cn3)co2)cc1. The summed E-state index contributed by atoms with van der Waals surface area (Å²) in [5, 5.41) is 3.20. The maximum absolute atomic E-state index is 12.5. The van der Waals surface area contributed by atoms with E-state index in [-0.39, 0.29) is 4.90 Å². The minimum atomic E-state index is -3.42. The molecule has 0 atom stereocenters. The van der Waals surface area contributed by atoms with E-state index in [4.69, 9.17) is 4.42 Å². The second kappa shape index (κ2) is 8.34. The molecule has 1 aromatic carbocycles.